The first-order chi connectivity index (χ1) is 14.9. The van der Waals surface area contributed by atoms with E-state index in [1.807, 2.05) is 0 Å². The summed E-state index contributed by atoms with van der Waals surface area (Å²) in [7, 11) is -0.711. The fraction of sp³-hybridized carbons (Fsp3) is 0.143. The second-order valence-corrected chi connectivity index (χ2v) is 9.15. The first-order valence-electron chi connectivity index (χ1n) is 9.08. The van der Waals surface area contributed by atoms with Crippen LogP contribution < -0.4 is 19.6 Å². The van der Waals surface area contributed by atoms with E-state index < -0.39 is 15.9 Å². The Kier molecular flexibility index (Phi) is 6.93. The molecule has 0 aliphatic carbocycles. The van der Waals surface area contributed by atoms with E-state index in [1.54, 1.807) is 55.8 Å². The zero-order chi connectivity index (χ0) is 22.4. The molecule has 0 aliphatic rings. The van der Waals surface area contributed by atoms with E-state index in [-0.39, 0.29) is 15.5 Å². The number of anilines is 1. The molecule has 1 aromatic heterocycles. The molecule has 0 saturated carbocycles. The van der Waals surface area contributed by atoms with E-state index in [4.69, 9.17) is 9.47 Å². The topological polar surface area (TPSA) is 106 Å². The molecule has 10 heteroatoms. The maximum atomic E-state index is 12.7. The second kappa shape index (κ2) is 9.63. The van der Waals surface area contributed by atoms with Crippen LogP contribution in [0.15, 0.2) is 69.3 Å². The number of hydrogen-bond acceptors (Lipinski definition) is 7. The average molecular weight is 460 g/mol. The number of sulfonamides is 1. The summed E-state index contributed by atoms with van der Waals surface area (Å²) in [5.74, 6) is 0.563. The van der Waals surface area contributed by atoms with E-state index in [0.29, 0.717) is 17.2 Å². The SMILES string of the molecule is COc1ccc(/C(C)=N/NC(=O)c2ccccc2NS(=O)(=O)c2cccs2)cc1OC. The van der Waals surface area contributed by atoms with Crippen LogP contribution >= 0.6 is 11.3 Å². The molecule has 2 N–H and O–H groups in total. The van der Waals surface area contributed by atoms with Crippen molar-refractivity contribution in [3.63, 3.8) is 0 Å². The summed E-state index contributed by atoms with van der Waals surface area (Å²) in [5.41, 5.74) is 4.03. The first kappa shape index (κ1) is 22.3. The summed E-state index contributed by atoms with van der Waals surface area (Å²) >= 11 is 1.09. The molecule has 0 fully saturated rings. The van der Waals surface area contributed by atoms with Gasteiger partial charge in [-0.25, -0.2) is 13.8 Å². The summed E-state index contributed by atoms with van der Waals surface area (Å²) in [5, 5.41) is 5.80. The Morgan fingerprint density at radius 1 is 1.00 bits per heavy atom. The van der Waals surface area contributed by atoms with E-state index >= 15 is 0 Å². The van der Waals surface area contributed by atoms with Crippen molar-refractivity contribution in [2.75, 3.05) is 18.9 Å². The zero-order valence-electron chi connectivity index (χ0n) is 17.1. The minimum atomic E-state index is -3.79. The van der Waals surface area contributed by atoms with Crippen molar-refractivity contribution in [3.05, 3.63) is 71.1 Å². The van der Waals surface area contributed by atoms with Crippen LogP contribution in [0, 0.1) is 0 Å². The summed E-state index contributed by atoms with van der Waals surface area (Å²) in [4.78, 5) is 12.7. The summed E-state index contributed by atoms with van der Waals surface area (Å²) in [6, 6.07) is 14.7. The highest BCUT2D eigenvalue weighted by Gasteiger charge is 2.19. The Labute approximate surface area is 184 Å². The lowest BCUT2D eigenvalue weighted by molar-refractivity contribution is 0.0955. The predicted octanol–water partition coefficient (Wildman–Crippen LogP) is 3.72. The van der Waals surface area contributed by atoms with Crippen LogP contribution in [-0.2, 0) is 10.0 Å². The number of nitrogens with one attached hydrogen (secondary N) is 2. The molecule has 3 aromatic rings. The molecule has 1 heterocycles. The molecule has 0 unspecified atom stereocenters. The van der Waals surface area contributed by atoms with Gasteiger partial charge in [0.15, 0.2) is 11.5 Å². The molecule has 0 atom stereocenters. The number of para-hydroxylation sites is 1. The maximum absolute atomic E-state index is 12.7. The highest BCUT2D eigenvalue weighted by atomic mass is 32.2. The van der Waals surface area contributed by atoms with Crippen molar-refractivity contribution in [3.8, 4) is 11.5 Å². The minimum absolute atomic E-state index is 0.145. The normalized spacial score (nSPS) is 11.6. The van der Waals surface area contributed by atoms with Gasteiger partial charge in [0.2, 0.25) is 0 Å². The van der Waals surface area contributed by atoms with Crippen molar-refractivity contribution < 1.29 is 22.7 Å². The molecule has 8 nitrogen and oxygen atoms in total. The number of hydrazone groups is 1. The molecule has 0 radical (unpaired) electrons. The Hall–Kier alpha value is -3.37. The largest absolute Gasteiger partial charge is 0.493 e. The van der Waals surface area contributed by atoms with Crippen LogP contribution in [0.1, 0.15) is 22.8 Å². The van der Waals surface area contributed by atoms with Gasteiger partial charge in [0, 0.05) is 5.56 Å². The summed E-state index contributed by atoms with van der Waals surface area (Å²) in [6.45, 7) is 1.73. The number of carbonyl (C=O) groups excluding carboxylic acids is 1. The lowest BCUT2D eigenvalue weighted by atomic mass is 10.1. The van der Waals surface area contributed by atoms with Crippen molar-refractivity contribution >= 4 is 38.7 Å². The zero-order valence-corrected chi connectivity index (χ0v) is 18.7. The lowest BCUT2D eigenvalue weighted by Gasteiger charge is -2.11. The standard InChI is InChI=1S/C21H21N3O5S2/c1-14(15-10-11-18(28-2)19(13-15)29-3)22-23-21(25)16-7-4-5-8-17(16)24-31(26,27)20-9-6-12-30-20/h4-13,24H,1-3H3,(H,23,25)/b22-14+. The number of amides is 1. The van der Waals surface area contributed by atoms with E-state index in [9.17, 15) is 13.2 Å². The van der Waals surface area contributed by atoms with Gasteiger partial charge in [-0.3, -0.25) is 9.52 Å². The fourth-order valence-corrected chi connectivity index (χ4v) is 4.77. The number of benzene rings is 2. The van der Waals surface area contributed by atoms with E-state index in [1.165, 1.54) is 25.3 Å². The average Bonchev–Trinajstić information content (AvgIpc) is 3.33. The molecule has 0 bridgehead atoms. The summed E-state index contributed by atoms with van der Waals surface area (Å²) in [6.07, 6.45) is 0. The van der Waals surface area contributed by atoms with Crippen molar-refractivity contribution in [2.24, 2.45) is 5.10 Å². The third kappa shape index (κ3) is 5.22. The van der Waals surface area contributed by atoms with Crippen LogP contribution in [0.25, 0.3) is 0 Å². The van der Waals surface area contributed by atoms with Crippen molar-refractivity contribution in [2.45, 2.75) is 11.1 Å². The molecule has 3 rings (SSSR count). The second-order valence-electron chi connectivity index (χ2n) is 6.29. The Bertz CT molecular complexity index is 1210. The number of methoxy groups -OCH3 is 2. The lowest BCUT2D eigenvalue weighted by Crippen LogP contribution is -2.22. The molecule has 0 spiro atoms. The number of rotatable bonds is 8. The monoisotopic (exact) mass is 459 g/mol. The Balaban J connectivity index is 1.80. The van der Waals surface area contributed by atoms with Gasteiger partial charge in [-0.1, -0.05) is 18.2 Å². The molecular formula is C21H21N3O5S2. The van der Waals surface area contributed by atoms with Crippen molar-refractivity contribution in [1.29, 1.82) is 0 Å². The molecule has 162 valence electrons. The van der Waals surface area contributed by atoms with Gasteiger partial charge in [0.1, 0.15) is 4.21 Å². The molecule has 0 aliphatic heterocycles. The maximum Gasteiger partial charge on any atom is 0.273 e. The van der Waals surface area contributed by atoms with Crippen LogP contribution in [0.4, 0.5) is 5.69 Å². The minimum Gasteiger partial charge on any atom is -0.493 e. The third-order valence-electron chi connectivity index (χ3n) is 4.30. The van der Waals surface area contributed by atoms with Crippen LogP contribution in [0.5, 0.6) is 11.5 Å². The smallest absolute Gasteiger partial charge is 0.273 e. The third-order valence-corrected chi connectivity index (χ3v) is 7.07. The summed E-state index contributed by atoms with van der Waals surface area (Å²) < 4.78 is 38.2. The number of carbonyl (C=O) groups is 1. The van der Waals surface area contributed by atoms with Gasteiger partial charge < -0.3 is 9.47 Å². The van der Waals surface area contributed by atoms with Crippen molar-refractivity contribution in [1.82, 2.24) is 5.43 Å². The number of nitrogens with zero attached hydrogens (tertiary/aromatic N) is 1. The molecular weight excluding hydrogens is 438 g/mol. The molecule has 31 heavy (non-hydrogen) atoms. The number of hydrogen-bond donors (Lipinski definition) is 2. The molecule has 1 amide bonds. The number of thiophene rings is 1. The van der Waals surface area contributed by atoms with E-state index in [0.717, 1.165) is 16.9 Å². The van der Waals surface area contributed by atoms with Crippen LogP contribution in [-0.4, -0.2) is 34.3 Å². The Morgan fingerprint density at radius 2 is 1.74 bits per heavy atom. The highest BCUT2D eigenvalue weighted by molar-refractivity contribution is 7.94. The molecule has 2 aromatic carbocycles. The van der Waals surface area contributed by atoms with Gasteiger partial charge in [0.05, 0.1) is 31.2 Å². The predicted molar refractivity (Wildman–Crippen MR) is 121 cm³/mol. The highest BCUT2D eigenvalue weighted by Crippen LogP contribution is 2.28. The van der Waals surface area contributed by atoms with Crippen LogP contribution in [0.3, 0.4) is 0 Å². The van der Waals surface area contributed by atoms with E-state index in [2.05, 4.69) is 15.2 Å². The first-order valence-corrected chi connectivity index (χ1v) is 11.4. The van der Waals surface area contributed by atoms with Gasteiger partial charge in [-0.15, -0.1) is 11.3 Å². The van der Waals surface area contributed by atoms with Gasteiger partial charge >= 0.3 is 0 Å². The van der Waals surface area contributed by atoms with Gasteiger partial charge in [-0.2, -0.15) is 5.10 Å². The molecule has 0 saturated heterocycles. The quantitative estimate of drug-likeness (QED) is 0.394. The Morgan fingerprint density at radius 3 is 2.42 bits per heavy atom. The number of ether oxygens (including phenoxy) is 2. The van der Waals surface area contributed by atoms with Gasteiger partial charge in [-0.05, 0) is 48.7 Å². The fourth-order valence-electron chi connectivity index (χ4n) is 2.70. The van der Waals surface area contributed by atoms with Gasteiger partial charge in [0.25, 0.3) is 15.9 Å². The van der Waals surface area contributed by atoms with Crippen LogP contribution in [0.2, 0.25) is 0 Å².